The van der Waals surface area contributed by atoms with Crippen LogP contribution >= 0.6 is 0 Å². The van der Waals surface area contributed by atoms with E-state index in [4.69, 9.17) is 0 Å². The molecule has 4 aromatic carbocycles. The molecule has 0 spiro atoms. The number of hydrogen-bond donors (Lipinski definition) is 3. The SMILES string of the molecule is O=C(O)[C@@H](CCCCNCCN1C(=O)c2cccc3cc([N+](=O)[O-])cc(c23)C1=O)NCCN1C(=O)c2cccc3cc([N+](=O)[O-])cc(c23)C1=O. The fraction of sp³-hybridized carbons (Fsp3) is 0.265. The van der Waals surface area contributed by atoms with Crippen molar-refractivity contribution in [3.63, 3.8) is 0 Å². The van der Waals surface area contributed by atoms with Crippen molar-refractivity contribution in [2.24, 2.45) is 0 Å². The predicted octanol–water partition coefficient (Wildman–Crippen LogP) is 3.50. The van der Waals surface area contributed by atoms with Crippen molar-refractivity contribution >= 4 is 62.5 Å². The number of amides is 4. The number of benzene rings is 4. The molecule has 0 aliphatic carbocycles. The number of carbonyl (C=O) groups is 5. The van der Waals surface area contributed by atoms with Crippen molar-refractivity contribution in [1.82, 2.24) is 20.4 Å². The zero-order valence-corrected chi connectivity index (χ0v) is 26.4. The van der Waals surface area contributed by atoms with Crippen LogP contribution in [0.1, 0.15) is 60.7 Å². The van der Waals surface area contributed by atoms with E-state index in [9.17, 15) is 49.3 Å². The minimum Gasteiger partial charge on any atom is -0.480 e. The highest BCUT2D eigenvalue weighted by molar-refractivity contribution is 6.26. The Morgan fingerprint density at radius 3 is 1.64 bits per heavy atom. The number of non-ortho nitro benzene ring substituents is 2. The van der Waals surface area contributed by atoms with Crippen molar-refractivity contribution in [2.75, 3.05) is 32.7 Å². The van der Waals surface area contributed by atoms with Crippen LogP contribution in [0.2, 0.25) is 0 Å². The molecule has 3 N–H and O–H groups in total. The van der Waals surface area contributed by atoms with Crippen molar-refractivity contribution in [2.45, 2.75) is 25.3 Å². The highest BCUT2D eigenvalue weighted by Gasteiger charge is 2.35. The molecule has 2 aliphatic rings. The average molecular weight is 683 g/mol. The Morgan fingerprint density at radius 1 is 0.680 bits per heavy atom. The van der Waals surface area contributed by atoms with Gasteiger partial charge in [0, 0.05) is 72.3 Å². The van der Waals surface area contributed by atoms with E-state index in [0.29, 0.717) is 46.5 Å². The molecule has 16 heteroatoms. The summed E-state index contributed by atoms with van der Waals surface area (Å²) in [5.41, 5.74) is 0.124. The van der Waals surface area contributed by atoms with Gasteiger partial charge in [-0.3, -0.25) is 54.0 Å². The number of rotatable bonds is 15. The van der Waals surface area contributed by atoms with Gasteiger partial charge in [0.05, 0.1) is 21.0 Å². The predicted molar refractivity (Wildman–Crippen MR) is 178 cm³/mol. The van der Waals surface area contributed by atoms with Crippen LogP contribution in [0.3, 0.4) is 0 Å². The number of imide groups is 2. The number of nitrogens with zero attached hydrogens (tertiary/aromatic N) is 4. The van der Waals surface area contributed by atoms with E-state index in [0.717, 1.165) is 15.9 Å². The second-order valence-corrected chi connectivity index (χ2v) is 11.9. The highest BCUT2D eigenvalue weighted by atomic mass is 16.6. The minimum absolute atomic E-state index is 0.0230. The van der Waals surface area contributed by atoms with Gasteiger partial charge in [-0.15, -0.1) is 0 Å². The van der Waals surface area contributed by atoms with Crippen molar-refractivity contribution in [1.29, 1.82) is 0 Å². The first-order chi connectivity index (χ1) is 24.0. The lowest BCUT2D eigenvalue weighted by Gasteiger charge is -2.27. The van der Waals surface area contributed by atoms with Crippen LogP contribution in [0.25, 0.3) is 21.5 Å². The van der Waals surface area contributed by atoms with Crippen LogP contribution < -0.4 is 10.6 Å². The molecule has 4 aromatic rings. The van der Waals surface area contributed by atoms with Gasteiger partial charge in [0.15, 0.2) is 0 Å². The lowest BCUT2D eigenvalue weighted by atomic mass is 9.93. The summed E-state index contributed by atoms with van der Waals surface area (Å²) >= 11 is 0. The third kappa shape index (κ3) is 6.24. The molecule has 50 heavy (non-hydrogen) atoms. The van der Waals surface area contributed by atoms with Crippen LogP contribution in [0.5, 0.6) is 0 Å². The number of hydrogen-bond acceptors (Lipinski definition) is 11. The number of nitro benzene ring substituents is 2. The number of carboxylic acid groups (broad SMARTS) is 1. The molecule has 0 bridgehead atoms. The molecule has 0 saturated carbocycles. The highest BCUT2D eigenvalue weighted by Crippen LogP contribution is 2.34. The third-order valence-corrected chi connectivity index (χ3v) is 8.88. The molecule has 4 amide bonds. The van der Waals surface area contributed by atoms with Crippen LogP contribution in [0.15, 0.2) is 60.7 Å². The molecular formula is C34H30N6O10. The van der Waals surface area contributed by atoms with E-state index < -0.39 is 45.5 Å². The second-order valence-electron chi connectivity index (χ2n) is 11.9. The van der Waals surface area contributed by atoms with E-state index >= 15 is 0 Å². The summed E-state index contributed by atoms with van der Waals surface area (Å²) in [4.78, 5) is 88.2. The lowest BCUT2D eigenvalue weighted by molar-refractivity contribution is -0.384. The topological polar surface area (TPSA) is 222 Å². The van der Waals surface area contributed by atoms with Crippen LogP contribution in [-0.4, -0.2) is 93.1 Å². The molecule has 0 aromatic heterocycles. The molecule has 256 valence electrons. The van der Waals surface area contributed by atoms with Gasteiger partial charge in [0.1, 0.15) is 6.04 Å². The Balaban J connectivity index is 0.973. The summed E-state index contributed by atoms with van der Waals surface area (Å²) in [7, 11) is 0. The van der Waals surface area contributed by atoms with E-state index in [1.54, 1.807) is 30.3 Å². The Morgan fingerprint density at radius 2 is 1.16 bits per heavy atom. The maximum Gasteiger partial charge on any atom is 0.320 e. The normalized spacial score (nSPS) is 14.5. The summed E-state index contributed by atoms with van der Waals surface area (Å²) in [6.07, 6.45) is 1.28. The number of unbranched alkanes of at least 4 members (excludes halogenated alkanes) is 1. The van der Waals surface area contributed by atoms with Crippen LogP contribution in [-0.2, 0) is 4.79 Å². The molecule has 2 heterocycles. The maximum absolute atomic E-state index is 13.2. The van der Waals surface area contributed by atoms with Gasteiger partial charge >= 0.3 is 5.97 Å². The average Bonchev–Trinajstić information content (AvgIpc) is 3.09. The van der Waals surface area contributed by atoms with Gasteiger partial charge in [-0.2, -0.15) is 0 Å². The first-order valence-corrected chi connectivity index (χ1v) is 15.8. The summed E-state index contributed by atoms with van der Waals surface area (Å²) < 4.78 is 0. The summed E-state index contributed by atoms with van der Waals surface area (Å²) in [6, 6.07) is 13.5. The summed E-state index contributed by atoms with van der Waals surface area (Å²) in [5.74, 6) is -3.49. The van der Waals surface area contributed by atoms with Gasteiger partial charge in [-0.1, -0.05) is 30.7 Å². The van der Waals surface area contributed by atoms with Crippen LogP contribution in [0, 0.1) is 20.2 Å². The van der Waals surface area contributed by atoms with Gasteiger partial charge in [-0.05, 0) is 42.3 Å². The van der Waals surface area contributed by atoms with E-state index in [1.807, 2.05) is 0 Å². The van der Waals surface area contributed by atoms with Gasteiger partial charge in [0.2, 0.25) is 0 Å². The van der Waals surface area contributed by atoms with Crippen molar-refractivity contribution in [3.8, 4) is 0 Å². The van der Waals surface area contributed by atoms with E-state index in [1.165, 1.54) is 24.3 Å². The van der Waals surface area contributed by atoms with Crippen LogP contribution in [0.4, 0.5) is 11.4 Å². The Kier molecular flexibility index (Phi) is 9.30. The fourth-order valence-electron chi connectivity index (χ4n) is 6.48. The number of aliphatic carboxylic acids is 1. The molecule has 2 aliphatic heterocycles. The number of carboxylic acids is 1. The summed E-state index contributed by atoms with van der Waals surface area (Å²) in [5, 5.41) is 40.1. The monoisotopic (exact) mass is 682 g/mol. The molecule has 16 nitrogen and oxygen atoms in total. The molecule has 0 saturated heterocycles. The lowest BCUT2D eigenvalue weighted by Crippen LogP contribution is -2.46. The zero-order chi connectivity index (χ0) is 35.7. The molecule has 1 atom stereocenters. The van der Waals surface area contributed by atoms with Gasteiger partial charge < -0.3 is 15.7 Å². The van der Waals surface area contributed by atoms with Crippen molar-refractivity contribution < 1.29 is 38.9 Å². The first-order valence-electron chi connectivity index (χ1n) is 15.8. The van der Waals surface area contributed by atoms with E-state index in [-0.39, 0.29) is 60.7 Å². The molecular weight excluding hydrogens is 652 g/mol. The molecule has 0 radical (unpaired) electrons. The Labute approximate surface area is 282 Å². The van der Waals surface area contributed by atoms with E-state index in [2.05, 4.69) is 10.6 Å². The maximum atomic E-state index is 13.2. The quantitative estimate of drug-likeness (QED) is 0.0709. The van der Waals surface area contributed by atoms with Gasteiger partial charge in [0.25, 0.3) is 35.0 Å². The Hall–Kier alpha value is -6.13. The number of nitrogens with one attached hydrogen (secondary N) is 2. The van der Waals surface area contributed by atoms with Crippen molar-refractivity contribution in [3.05, 3.63) is 103 Å². The minimum atomic E-state index is -1.11. The van der Waals surface area contributed by atoms with Gasteiger partial charge in [-0.25, -0.2) is 0 Å². The smallest absolute Gasteiger partial charge is 0.320 e. The third-order valence-electron chi connectivity index (χ3n) is 8.88. The Bertz CT molecular complexity index is 2130. The molecule has 0 unspecified atom stereocenters. The zero-order valence-electron chi connectivity index (χ0n) is 26.4. The molecule has 6 rings (SSSR count). The molecule has 0 fully saturated rings. The number of carbonyl (C=O) groups excluding carboxylic acids is 4. The fourth-order valence-corrected chi connectivity index (χ4v) is 6.48. The summed E-state index contributed by atoms with van der Waals surface area (Å²) in [6.45, 7) is 0.548. The first kappa shape index (κ1) is 33.8. The second kappa shape index (κ2) is 13.8. The standard InChI is InChI=1S/C34H30N6O10/c41-30-23-7-3-5-19-15-21(39(47)48)17-25(28(19)23)32(43)37(30)13-11-35-10-2-1-9-27(34(45)46)36-12-14-38-31(42)24-8-4-6-20-16-22(40(49)50)18-26(29(20)24)33(38)44/h3-8,15-18,27,35-36H,1-2,9-14H2,(H,45,46)/t27-/m1/s1. The largest absolute Gasteiger partial charge is 0.480 e. The number of nitro groups is 2.